The van der Waals surface area contributed by atoms with E-state index >= 15 is 0 Å². The summed E-state index contributed by atoms with van der Waals surface area (Å²) in [6, 6.07) is 0.213. The van der Waals surface area contributed by atoms with E-state index < -0.39 is 9.84 Å². The van der Waals surface area contributed by atoms with Gasteiger partial charge in [0.2, 0.25) is 0 Å². The van der Waals surface area contributed by atoms with Gasteiger partial charge in [0.15, 0.2) is 9.84 Å². The summed E-state index contributed by atoms with van der Waals surface area (Å²) in [5.74, 6) is 0.786. The first-order valence-electron chi connectivity index (χ1n) is 4.71. The van der Waals surface area contributed by atoms with Crippen LogP contribution < -0.4 is 0 Å². The number of fused-ring (bicyclic) bond motifs is 2. The van der Waals surface area contributed by atoms with E-state index in [1.807, 2.05) is 0 Å². The summed E-state index contributed by atoms with van der Waals surface area (Å²) in [6.45, 7) is 5.25. The number of halogens is 1. The molecule has 0 aromatic carbocycles. The number of hydrogen-bond donors (Lipinski definition) is 0. The van der Waals surface area contributed by atoms with Gasteiger partial charge in [-0.15, -0.1) is 11.6 Å². The minimum absolute atomic E-state index is 0.129. The van der Waals surface area contributed by atoms with Crippen molar-refractivity contribution in [2.75, 3.05) is 24.7 Å². The molecule has 5 heteroatoms. The Morgan fingerprint density at radius 2 is 2.29 bits per heavy atom. The molecular formula is C9H14ClNO2S. The Morgan fingerprint density at radius 1 is 1.57 bits per heavy atom. The molecule has 3 nitrogen and oxygen atoms in total. The van der Waals surface area contributed by atoms with E-state index in [9.17, 15) is 8.42 Å². The highest BCUT2D eigenvalue weighted by molar-refractivity contribution is 7.92. The smallest absolute Gasteiger partial charge is 0.156 e. The second kappa shape index (κ2) is 3.51. The summed E-state index contributed by atoms with van der Waals surface area (Å²) in [5, 5.41) is -0.129. The normalized spacial score (nSPS) is 34.9. The highest BCUT2D eigenvalue weighted by Gasteiger charge is 2.47. The average Bonchev–Trinajstić information content (AvgIpc) is 2.59. The van der Waals surface area contributed by atoms with Gasteiger partial charge in [0.1, 0.15) is 0 Å². The predicted molar refractivity (Wildman–Crippen MR) is 57.4 cm³/mol. The molecule has 2 bridgehead atoms. The maximum atomic E-state index is 11.4. The molecule has 80 valence electrons. The van der Waals surface area contributed by atoms with Crippen molar-refractivity contribution in [1.29, 1.82) is 0 Å². The molecule has 2 aliphatic rings. The molecule has 2 saturated heterocycles. The van der Waals surface area contributed by atoms with Crippen molar-refractivity contribution in [2.45, 2.75) is 17.7 Å². The largest absolute Gasteiger partial charge is 0.294 e. The first kappa shape index (κ1) is 10.5. The van der Waals surface area contributed by atoms with Crippen LogP contribution >= 0.6 is 11.6 Å². The van der Waals surface area contributed by atoms with Crippen molar-refractivity contribution in [2.24, 2.45) is 0 Å². The van der Waals surface area contributed by atoms with Gasteiger partial charge in [-0.3, -0.25) is 4.90 Å². The van der Waals surface area contributed by atoms with E-state index in [0.29, 0.717) is 18.2 Å². The first-order chi connectivity index (χ1) is 6.53. The lowest BCUT2D eigenvalue weighted by Crippen LogP contribution is -2.41. The summed E-state index contributed by atoms with van der Waals surface area (Å²) in [5.41, 5.74) is 0.969. The molecule has 2 fully saturated rings. The lowest BCUT2D eigenvalue weighted by Gasteiger charge is -2.26. The molecule has 2 heterocycles. The molecule has 0 spiro atoms. The fourth-order valence-corrected chi connectivity index (χ4v) is 4.47. The summed E-state index contributed by atoms with van der Waals surface area (Å²) >= 11 is 5.64. The number of likely N-dealkylation sites (tertiary alicyclic amines) is 1. The minimum Gasteiger partial charge on any atom is -0.294 e. The molecule has 2 aliphatic heterocycles. The Bertz CT molecular complexity index is 352. The average molecular weight is 236 g/mol. The van der Waals surface area contributed by atoms with Crippen LogP contribution in [0.15, 0.2) is 12.2 Å². The predicted octanol–water partition coefficient (Wildman–Crippen LogP) is 0.653. The highest BCUT2D eigenvalue weighted by atomic mass is 35.5. The Kier molecular flexibility index (Phi) is 2.62. The molecule has 2 unspecified atom stereocenters. The summed E-state index contributed by atoms with van der Waals surface area (Å²) in [4.78, 5) is 2.19. The van der Waals surface area contributed by atoms with Crippen molar-refractivity contribution in [3.05, 3.63) is 12.2 Å². The van der Waals surface area contributed by atoms with Gasteiger partial charge in [-0.05, 0) is 12.0 Å². The Morgan fingerprint density at radius 3 is 2.71 bits per heavy atom. The van der Waals surface area contributed by atoms with Crippen LogP contribution in [0.2, 0.25) is 0 Å². The molecule has 0 N–H and O–H groups in total. The number of sulfone groups is 1. The molecule has 14 heavy (non-hydrogen) atoms. The fraction of sp³-hybridized carbons (Fsp3) is 0.778. The van der Waals surface area contributed by atoms with Gasteiger partial charge < -0.3 is 0 Å². The van der Waals surface area contributed by atoms with Crippen molar-refractivity contribution >= 4 is 21.4 Å². The molecule has 0 aliphatic carbocycles. The quantitative estimate of drug-likeness (QED) is 0.533. The first-order valence-corrected chi connectivity index (χ1v) is 6.96. The van der Waals surface area contributed by atoms with E-state index in [0.717, 1.165) is 18.5 Å². The standard InChI is InChI=1S/C9H14ClNO2S/c1-7(3-10)4-11-5-9-2-8(11)6-14(9,12)13/h8-9H,1-6H2. The van der Waals surface area contributed by atoms with Crippen LogP contribution in [0.1, 0.15) is 6.42 Å². The van der Waals surface area contributed by atoms with Crippen molar-refractivity contribution in [3.63, 3.8) is 0 Å². The third kappa shape index (κ3) is 1.71. The summed E-state index contributed by atoms with van der Waals surface area (Å²) in [7, 11) is -2.77. The lowest BCUT2D eigenvalue weighted by atomic mass is 10.2. The minimum atomic E-state index is -2.77. The number of rotatable bonds is 3. The van der Waals surface area contributed by atoms with Gasteiger partial charge in [0, 0.05) is 25.0 Å². The third-order valence-corrected chi connectivity index (χ3v) is 5.62. The van der Waals surface area contributed by atoms with Crippen LogP contribution in [0.3, 0.4) is 0 Å². The van der Waals surface area contributed by atoms with Crippen molar-refractivity contribution in [3.8, 4) is 0 Å². The van der Waals surface area contributed by atoms with E-state index in [4.69, 9.17) is 11.6 Å². The zero-order chi connectivity index (χ0) is 10.3. The maximum absolute atomic E-state index is 11.4. The second-order valence-electron chi connectivity index (χ2n) is 4.15. The molecule has 2 rings (SSSR count). The van der Waals surface area contributed by atoms with Crippen LogP contribution in [-0.2, 0) is 9.84 Å². The number of hydrogen-bond acceptors (Lipinski definition) is 3. The molecule has 0 aromatic rings. The lowest BCUT2D eigenvalue weighted by molar-refractivity contribution is 0.288. The highest BCUT2D eigenvalue weighted by Crippen LogP contribution is 2.33. The topological polar surface area (TPSA) is 37.4 Å². The Hall–Kier alpha value is -0.0600. The van der Waals surface area contributed by atoms with Crippen LogP contribution in [0.25, 0.3) is 0 Å². The molecular weight excluding hydrogens is 222 g/mol. The van der Waals surface area contributed by atoms with E-state index in [1.54, 1.807) is 0 Å². The monoisotopic (exact) mass is 235 g/mol. The van der Waals surface area contributed by atoms with Gasteiger partial charge >= 0.3 is 0 Å². The van der Waals surface area contributed by atoms with Gasteiger partial charge in [-0.2, -0.15) is 0 Å². The van der Waals surface area contributed by atoms with E-state index in [-0.39, 0.29) is 11.3 Å². The summed E-state index contributed by atoms with van der Waals surface area (Å²) in [6.07, 6.45) is 0.803. The Balaban J connectivity index is 2.00. The molecule has 0 aromatic heterocycles. The number of nitrogens with zero attached hydrogens (tertiary/aromatic N) is 1. The van der Waals surface area contributed by atoms with Crippen molar-refractivity contribution < 1.29 is 8.42 Å². The van der Waals surface area contributed by atoms with Gasteiger partial charge in [-0.25, -0.2) is 8.42 Å². The van der Waals surface area contributed by atoms with E-state index in [2.05, 4.69) is 11.5 Å². The SMILES string of the molecule is C=C(CCl)CN1CC2CC1CS2(=O)=O. The van der Waals surface area contributed by atoms with Gasteiger partial charge in [0.05, 0.1) is 11.0 Å². The molecule has 0 amide bonds. The second-order valence-corrected chi connectivity index (χ2v) is 6.75. The number of alkyl halides is 1. The molecule has 0 saturated carbocycles. The van der Waals surface area contributed by atoms with Crippen molar-refractivity contribution in [1.82, 2.24) is 4.90 Å². The molecule has 0 radical (unpaired) electrons. The van der Waals surface area contributed by atoms with Gasteiger partial charge in [-0.1, -0.05) is 6.58 Å². The van der Waals surface area contributed by atoms with Crippen LogP contribution in [-0.4, -0.2) is 49.3 Å². The van der Waals surface area contributed by atoms with Crippen LogP contribution in [0.5, 0.6) is 0 Å². The molecule has 2 atom stereocenters. The zero-order valence-corrected chi connectivity index (χ0v) is 9.52. The van der Waals surface area contributed by atoms with Crippen LogP contribution in [0.4, 0.5) is 0 Å². The zero-order valence-electron chi connectivity index (χ0n) is 7.95. The van der Waals surface area contributed by atoms with Crippen LogP contribution in [0, 0.1) is 0 Å². The third-order valence-electron chi connectivity index (χ3n) is 3.04. The van der Waals surface area contributed by atoms with Gasteiger partial charge in [0.25, 0.3) is 0 Å². The fourth-order valence-electron chi connectivity index (χ4n) is 2.30. The van der Waals surface area contributed by atoms with E-state index in [1.165, 1.54) is 0 Å². The summed E-state index contributed by atoms with van der Waals surface area (Å²) < 4.78 is 22.9. The Labute approximate surface area is 89.6 Å². The maximum Gasteiger partial charge on any atom is 0.156 e.